The number of halogens is 1. The summed E-state index contributed by atoms with van der Waals surface area (Å²) in [5.74, 6) is -0.527. The van der Waals surface area contributed by atoms with Crippen molar-refractivity contribution in [3.8, 4) is 0 Å². The zero-order valence-electron chi connectivity index (χ0n) is 12.4. The van der Waals surface area contributed by atoms with Gasteiger partial charge in [-0.1, -0.05) is 18.2 Å². The van der Waals surface area contributed by atoms with Crippen molar-refractivity contribution in [3.63, 3.8) is 0 Å². The van der Waals surface area contributed by atoms with Crippen LogP contribution in [-0.4, -0.2) is 5.91 Å². The van der Waals surface area contributed by atoms with Gasteiger partial charge in [-0.2, -0.15) is 0 Å². The van der Waals surface area contributed by atoms with Gasteiger partial charge in [0.15, 0.2) is 0 Å². The number of benzene rings is 2. The van der Waals surface area contributed by atoms with Gasteiger partial charge in [0.25, 0.3) is 5.91 Å². The van der Waals surface area contributed by atoms with Crippen molar-refractivity contribution in [2.75, 3.05) is 5.73 Å². The average molecular weight is 286 g/mol. The van der Waals surface area contributed by atoms with Crippen LogP contribution in [0.5, 0.6) is 0 Å². The van der Waals surface area contributed by atoms with Crippen LogP contribution in [0.15, 0.2) is 36.4 Å². The fraction of sp³-hybridized carbons (Fsp3) is 0.235. The molecule has 0 aliphatic rings. The molecule has 3 N–H and O–H groups in total. The number of hydrogen-bond donors (Lipinski definition) is 2. The van der Waals surface area contributed by atoms with Gasteiger partial charge in [0.05, 0.1) is 6.04 Å². The monoisotopic (exact) mass is 286 g/mol. The van der Waals surface area contributed by atoms with Gasteiger partial charge in [0.2, 0.25) is 0 Å². The summed E-state index contributed by atoms with van der Waals surface area (Å²) in [5, 5.41) is 2.87. The van der Waals surface area contributed by atoms with Gasteiger partial charge in [0.1, 0.15) is 5.82 Å². The van der Waals surface area contributed by atoms with Crippen molar-refractivity contribution in [1.29, 1.82) is 0 Å². The number of nitrogen functional groups attached to an aromatic ring is 1. The molecule has 3 nitrogen and oxygen atoms in total. The Morgan fingerprint density at radius 1 is 1.19 bits per heavy atom. The second-order valence-corrected chi connectivity index (χ2v) is 5.27. The van der Waals surface area contributed by atoms with Crippen molar-refractivity contribution in [2.24, 2.45) is 0 Å². The Hall–Kier alpha value is -2.36. The molecular formula is C17H19FN2O. The molecule has 0 heterocycles. The summed E-state index contributed by atoms with van der Waals surface area (Å²) < 4.78 is 13.2. The second-order valence-electron chi connectivity index (χ2n) is 5.27. The number of nitrogens with one attached hydrogen (secondary N) is 1. The van der Waals surface area contributed by atoms with Crippen molar-refractivity contribution in [2.45, 2.75) is 26.8 Å². The fourth-order valence-electron chi connectivity index (χ4n) is 2.25. The zero-order chi connectivity index (χ0) is 15.6. The topological polar surface area (TPSA) is 55.1 Å². The minimum Gasteiger partial charge on any atom is -0.398 e. The van der Waals surface area contributed by atoms with Crippen molar-refractivity contribution in [3.05, 3.63) is 64.5 Å². The minimum atomic E-state index is -0.315. The van der Waals surface area contributed by atoms with Crippen LogP contribution in [0.25, 0.3) is 0 Å². The first-order valence-electron chi connectivity index (χ1n) is 6.81. The lowest BCUT2D eigenvalue weighted by molar-refractivity contribution is 0.0939. The summed E-state index contributed by atoms with van der Waals surface area (Å²) >= 11 is 0. The molecule has 0 radical (unpaired) electrons. The van der Waals surface area contributed by atoms with Gasteiger partial charge in [-0.3, -0.25) is 4.79 Å². The zero-order valence-corrected chi connectivity index (χ0v) is 12.4. The summed E-state index contributed by atoms with van der Waals surface area (Å²) in [5.41, 5.74) is 9.53. The molecule has 0 spiro atoms. The molecule has 1 unspecified atom stereocenters. The van der Waals surface area contributed by atoms with Crippen LogP contribution in [0.3, 0.4) is 0 Å². The SMILES string of the molecule is Cc1cc(C)c(C(=O)NC(C)c2cccc(F)c2)cc1N. The van der Waals surface area contributed by atoms with Crippen molar-refractivity contribution in [1.82, 2.24) is 5.32 Å². The Kier molecular flexibility index (Phi) is 4.26. The summed E-state index contributed by atoms with van der Waals surface area (Å²) in [4.78, 5) is 12.3. The number of carbonyl (C=O) groups excluding carboxylic acids is 1. The summed E-state index contributed by atoms with van der Waals surface area (Å²) in [6.07, 6.45) is 0. The highest BCUT2D eigenvalue weighted by atomic mass is 19.1. The van der Waals surface area contributed by atoms with Crippen LogP contribution in [-0.2, 0) is 0 Å². The van der Waals surface area contributed by atoms with Gasteiger partial charge in [-0.15, -0.1) is 0 Å². The summed E-state index contributed by atoms with van der Waals surface area (Å²) in [6, 6.07) is 9.49. The Bertz CT molecular complexity index is 682. The number of rotatable bonds is 3. The molecule has 0 bridgehead atoms. The maximum absolute atomic E-state index is 13.2. The third-order valence-electron chi connectivity index (χ3n) is 3.55. The molecule has 1 amide bonds. The first-order chi connectivity index (χ1) is 9.88. The largest absolute Gasteiger partial charge is 0.398 e. The molecule has 0 saturated heterocycles. The van der Waals surface area contributed by atoms with E-state index in [0.29, 0.717) is 11.3 Å². The Morgan fingerprint density at radius 2 is 1.90 bits per heavy atom. The highest BCUT2D eigenvalue weighted by molar-refractivity contribution is 5.97. The molecule has 0 fully saturated rings. The molecule has 4 heteroatoms. The van der Waals surface area contributed by atoms with Crippen LogP contribution in [0.4, 0.5) is 10.1 Å². The molecule has 1 atom stereocenters. The molecule has 2 rings (SSSR count). The summed E-state index contributed by atoms with van der Waals surface area (Å²) in [7, 11) is 0. The lowest BCUT2D eigenvalue weighted by atomic mass is 10.0. The van der Waals surface area contributed by atoms with Gasteiger partial charge < -0.3 is 11.1 Å². The lowest BCUT2D eigenvalue weighted by Crippen LogP contribution is -2.27. The normalized spacial score (nSPS) is 12.0. The maximum Gasteiger partial charge on any atom is 0.252 e. The van der Waals surface area contributed by atoms with Crippen LogP contribution < -0.4 is 11.1 Å². The Morgan fingerprint density at radius 3 is 2.57 bits per heavy atom. The molecule has 21 heavy (non-hydrogen) atoms. The van der Waals surface area contributed by atoms with E-state index in [1.54, 1.807) is 18.2 Å². The van der Waals surface area contributed by atoms with Crippen molar-refractivity contribution < 1.29 is 9.18 Å². The minimum absolute atomic E-state index is 0.212. The fourth-order valence-corrected chi connectivity index (χ4v) is 2.25. The molecule has 0 aromatic heterocycles. The van der Waals surface area contributed by atoms with E-state index in [1.165, 1.54) is 12.1 Å². The predicted molar refractivity (Wildman–Crippen MR) is 82.6 cm³/mol. The number of nitrogens with two attached hydrogens (primary N) is 1. The lowest BCUT2D eigenvalue weighted by Gasteiger charge is -2.16. The van der Waals surface area contributed by atoms with Crippen LogP contribution in [0, 0.1) is 19.7 Å². The van der Waals surface area contributed by atoms with Gasteiger partial charge in [-0.25, -0.2) is 4.39 Å². The molecule has 2 aromatic carbocycles. The second kappa shape index (κ2) is 5.95. The van der Waals surface area contributed by atoms with E-state index in [0.717, 1.165) is 16.7 Å². The number of hydrogen-bond acceptors (Lipinski definition) is 2. The number of anilines is 1. The first-order valence-corrected chi connectivity index (χ1v) is 6.81. The van der Waals surface area contributed by atoms with Gasteiger partial charge >= 0.3 is 0 Å². The molecule has 110 valence electrons. The molecule has 0 aliphatic carbocycles. The van der Waals surface area contributed by atoms with E-state index in [9.17, 15) is 9.18 Å². The number of aryl methyl sites for hydroxylation is 2. The van der Waals surface area contributed by atoms with E-state index >= 15 is 0 Å². The standard InChI is InChI=1S/C17H19FN2O/c1-10-7-11(2)16(19)9-15(10)17(21)20-12(3)13-5-4-6-14(18)8-13/h4-9,12H,19H2,1-3H3,(H,20,21). The number of carbonyl (C=O) groups is 1. The van der Waals surface area contributed by atoms with E-state index in [-0.39, 0.29) is 17.8 Å². The summed E-state index contributed by atoms with van der Waals surface area (Å²) in [6.45, 7) is 5.59. The van der Waals surface area contributed by atoms with Gasteiger partial charge in [0, 0.05) is 11.3 Å². The third-order valence-corrected chi connectivity index (χ3v) is 3.55. The maximum atomic E-state index is 13.2. The van der Waals surface area contributed by atoms with E-state index < -0.39 is 0 Å². The number of amides is 1. The molecule has 0 saturated carbocycles. The van der Waals surface area contributed by atoms with Crippen molar-refractivity contribution >= 4 is 11.6 Å². The van der Waals surface area contributed by atoms with Crippen LogP contribution in [0.1, 0.15) is 40.0 Å². The van der Waals surface area contributed by atoms with Gasteiger partial charge in [-0.05, 0) is 55.7 Å². The van der Waals surface area contributed by atoms with Crippen LogP contribution in [0.2, 0.25) is 0 Å². The molecule has 2 aromatic rings. The van der Waals surface area contributed by atoms with Crippen LogP contribution >= 0.6 is 0 Å². The first kappa shape index (κ1) is 15.0. The Labute approximate surface area is 124 Å². The third kappa shape index (κ3) is 3.40. The highest BCUT2D eigenvalue weighted by Gasteiger charge is 2.15. The Balaban J connectivity index is 2.20. The predicted octanol–water partition coefficient (Wildman–Crippen LogP) is 3.52. The van der Waals surface area contributed by atoms with E-state index in [2.05, 4.69) is 5.32 Å². The smallest absolute Gasteiger partial charge is 0.252 e. The van der Waals surface area contributed by atoms with E-state index in [1.807, 2.05) is 26.8 Å². The average Bonchev–Trinajstić information content (AvgIpc) is 2.42. The van der Waals surface area contributed by atoms with E-state index in [4.69, 9.17) is 5.73 Å². The quantitative estimate of drug-likeness (QED) is 0.848. The molecule has 0 aliphatic heterocycles. The molecular weight excluding hydrogens is 267 g/mol. The highest BCUT2D eigenvalue weighted by Crippen LogP contribution is 2.19.